The van der Waals surface area contributed by atoms with Crippen LogP contribution in [0.4, 0.5) is 28.9 Å². The average Bonchev–Trinajstić information content (AvgIpc) is 3.19. The van der Waals surface area contributed by atoms with Gasteiger partial charge in [0, 0.05) is 79.2 Å². The number of fused-ring (bicyclic) bond motifs is 2. The molecule has 13 heteroatoms. The molecular weight excluding hydrogens is 764 g/mol. The fraction of sp³-hybridized carbons (Fsp3) is 0.419. The minimum atomic E-state index is -4.39. The first-order chi connectivity index (χ1) is 26.9. The van der Waals surface area contributed by atoms with E-state index in [0.717, 1.165) is 81.3 Å². The number of alkyl halides is 3. The highest BCUT2D eigenvalue weighted by Gasteiger charge is 2.38. The molecule has 3 aliphatic heterocycles. The number of Topliss-reactive ketones (excluding diaryl/α,β-unsaturated/α-hetero) is 1. The topological polar surface area (TPSA) is 70.5 Å². The maximum Gasteiger partial charge on any atom is 0.418 e. The number of carbonyl (C=O) groups excluding carboxylic acids is 1. The van der Waals surface area contributed by atoms with Crippen LogP contribution in [0, 0.1) is 5.82 Å². The zero-order chi connectivity index (χ0) is 39.7. The lowest BCUT2D eigenvalue weighted by atomic mass is 9.84. The molecule has 0 atom stereocenters. The van der Waals surface area contributed by atoms with E-state index in [1.165, 1.54) is 48.2 Å². The van der Waals surface area contributed by atoms with Gasteiger partial charge in [-0.1, -0.05) is 53.7 Å². The normalized spacial score (nSPS) is 17.4. The van der Waals surface area contributed by atoms with Gasteiger partial charge >= 0.3 is 6.18 Å². The number of piperazine rings is 1. The van der Waals surface area contributed by atoms with Gasteiger partial charge in [0.15, 0.2) is 5.78 Å². The molecule has 4 aromatic rings. The quantitative estimate of drug-likeness (QED) is 0.109. The number of nitrogens with zero attached hydrogens (tertiary/aromatic N) is 4. The maximum absolute atomic E-state index is 13.8. The lowest BCUT2D eigenvalue weighted by molar-refractivity contribution is -0.137. The van der Waals surface area contributed by atoms with Crippen molar-refractivity contribution < 1.29 is 32.6 Å². The van der Waals surface area contributed by atoms with Gasteiger partial charge in [0.1, 0.15) is 5.82 Å². The summed E-state index contributed by atoms with van der Waals surface area (Å²) in [5.74, 6) is -0.289. The summed E-state index contributed by atoms with van der Waals surface area (Å²) in [5.41, 5.74) is 1.22. The standard InChI is InChI=1S/C22H26F3N3OS.C21H23ClFNO2/c23-22(24,25)17-5-3-8-20-21(17)28(18-6-1-2-7-19(18)30-20)10-4-9-26-11-13-27(14-12-26)15-16-29;22-18-7-5-17(6-8-18)21(26)11-14-24(15-12-21)13-1-2-20(25)16-3-9-19(23)10-4-16/h1-3,5-8,29H,4,9-16H2;3-10,26H,1-2,11-15H2. The van der Waals surface area contributed by atoms with Crippen LogP contribution in [-0.2, 0) is 11.8 Å². The SMILES string of the molecule is O=C(CCCN1CCC(O)(c2ccc(Cl)cc2)CC1)c1ccc(F)cc1.OCCN1CCN(CCCN2c3ccccc3Sc3cccc(C(F)(F)F)c32)CC1. The number of carbonyl (C=O) groups is 1. The summed E-state index contributed by atoms with van der Waals surface area (Å²) in [6, 6.07) is 25.2. The number of para-hydroxylation sites is 2. The molecule has 0 amide bonds. The smallest absolute Gasteiger partial charge is 0.395 e. The number of halogens is 5. The van der Waals surface area contributed by atoms with Crippen molar-refractivity contribution in [3.05, 3.63) is 119 Å². The molecule has 0 bridgehead atoms. The van der Waals surface area contributed by atoms with E-state index in [0.29, 0.717) is 47.8 Å². The van der Waals surface area contributed by atoms with E-state index in [9.17, 15) is 27.5 Å². The summed E-state index contributed by atoms with van der Waals surface area (Å²) >= 11 is 7.32. The molecule has 2 saturated heterocycles. The summed E-state index contributed by atoms with van der Waals surface area (Å²) in [5, 5.41) is 20.6. The fourth-order valence-electron chi connectivity index (χ4n) is 7.62. The molecule has 0 aromatic heterocycles. The predicted molar refractivity (Wildman–Crippen MR) is 215 cm³/mol. The van der Waals surface area contributed by atoms with Gasteiger partial charge in [0.25, 0.3) is 0 Å². The van der Waals surface area contributed by atoms with Gasteiger partial charge in [-0.05, 0) is 105 Å². The lowest BCUT2D eigenvalue weighted by Crippen LogP contribution is -2.47. The van der Waals surface area contributed by atoms with Crippen LogP contribution in [0.1, 0.15) is 53.6 Å². The summed E-state index contributed by atoms with van der Waals surface area (Å²) in [7, 11) is 0. The van der Waals surface area contributed by atoms with Gasteiger partial charge in [-0.25, -0.2) is 4.39 Å². The van der Waals surface area contributed by atoms with Crippen LogP contribution in [0.15, 0.2) is 101 Å². The molecule has 0 saturated carbocycles. The Hall–Kier alpha value is -3.49. The molecule has 2 fully saturated rings. The lowest BCUT2D eigenvalue weighted by Gasteiger charge is -2.38. The molecule has 0 unspecified atom stereocenters. The molecule has 300 valence electrons. The molecular formula is C43H49ClF4N4O3S. The van der Waals surface area contributed by atoms with Crippen LogP contribution in [0.2, 0.25) is 5.02 Å². The molecule has 2 N–H and O–H groups in total. The molecule has 7 nitrogen and oxygen atoms in total. The molecule has 0 spiro atoms. The number of anilines is 2. The fourth-order valence-corrected chi connectivity index (χ4v) is 8.87. The van der Waals surface area contributed by atoms with Crippen LogP contribution in [0.5, 0.6) is 0 Å². The highest BCUT2D eigenvalue weighted by Crippen LogP contribution is 2.52. The van der Waals surface area contributed by atoms with E-state index in [4.69, 9.17) is 16.7 Å². The van der Waals surface area contributed by atoms with Crippen molar-refractivity contribution in [2.75, 3.05) is 77.0 Å². The first-order valence-corrected chi connectivity index (χ1v) is 20.4. The van der Waals surface area contributed by atoms with Gasteiger partial charge in [0.05, 0.1) is 29.1 Å². The van der Waals surface area contributed by atoms with Crippen molar-refractivity contribution in [3.63, 3.8) is 0 Å². The van der Waals surface area contributed by atoms with E-state index in [-0.39, 0.29) is 23.9 Å². The second-order valence-corrected chi connectivity index (χ2v) is 16.1. The highest BCUT2D eigenvalue weighted by atomic mass is 35.5. The largest absolute Gasteiger partial charge is 0.418 e. The first kappa shape index (κ1) is 42.1. The van der Waals surface area contributed by atoms with E-state index in [2.05, 4.69) is 14.7 Å². The van der Waals surface area contributed by atoms with Gasteiger partial charge in [-0.2, -0.15) is 13.2 Å². The van der Waals surface area contributed by atoms with Crippen LogP contribution in [-0.4, -0.2) is 103 Å². The number of benzene rings is 4. The number of piperidine rings is 1. The number of aliphatic hydroxyl groups is 2. The van der Waals surface area contributed by atoms with E-state index in [1.807, 2.05) is 53.4 Å². The van der Waals surface area contributed by atoms with E-state index < -0.39 is 17.3 Å². The van der Waals surface area contributed by atoms with E-state index in [1.54, 1.807) is 6.07 Å². The van der Waals surface area contributed by atoms with Gasteiger partial charge in [-0.15, -0.1) is 0 Å². The second kappa shape index (κ2) is 19.3. The Morgan fingerprint density at radius 1 is 0.732 bits per heavy atom. The minimum Gasteiger partial charge on any atom is -0.395 e. The third-order valence-corrected chi connectivity index (χ3v) is 12.2. The van der Waals surface area contributed by atoms with Crippen molar-refractivity contribution in [1.29, 1.82) is 0 Å². The molecule has 0 radical (unpaired) electrons. The van der Waals surface area contributed by atoms with Crippen molar-refractivity contribution in [3.8, 4) is 0 Å². The monoisotopic (exact) mass is 812 g/mol. The highest BCUT2D eigenvalue weighted by molar-refractivity contribution is 7.99. The van der Waals surface area contributed by atoms with Crippen molar-refractivity contribution in [2.45, 2.75) is 53.7 Å². The molecule has 0 aliphatic carbocycles. The number of likely N-dealkylation sites (tertiary alicyclic amines) is 1. The van der Waals surface area contributed by atoms with Gasteiger partial charge in [0.2, 0.25) is 0 Å². The Morgan fingerprint density at radius 2 is 1.34 bits per heavy atom. The average molecular weight is 813 g/mol. The summed E-state index contributed by atoms with van der Waals surface area (Å²) in [4.78, 5) is 22.5. The zero-order valence-corrected chi connectivity index (χ0v) is 32.9. The molecule has 56 heavy (non-hydrogen) atoms. The molecule has 3 heterocycles. The predicted octanol–water partition coefficient (Wildman–Crippen LogP) is 8.73. The Morgan fingerprint density at radius 3 is 2.00 bits per heavy atom. The first-order valence-electron chi connectivity index (χ1n) is 19.2. The number of aliphatic hydroxyl groups excluding tert-OH is 1. The number of ketones is 1. The third kappa shape index (κ3) is 10.9. The summed E-state index contributed by atoms with van der Waals surface area (Å²) in [6.07, 6.45) is -1.07. The summed E-state index contributed by atoms with van der Waals surface area (Å²) in [6.45, 7) is 8.37. The Balaban J connectivity index is 0.000000192. The Labute approximate surface area is 335 Å². The van der Waals surface area contributed by atoms with Crippen LogP contribution < -0.4 is 4.90 Å². The van der Waals surface area contributed by atoms with Crippen LogP contribution in [0.3, 0.4) is 0 Å². The number of hydrogen-bond acceptors (Lipinski definition) is 8. The minimum absolute atomic E-state index is 0.0414. The molecule has 4 aromatic carbocycles. The summed E-state index contributed by atoms with van der Waals surface area (Å²) < 4.78 is 54.2. The third-order valence-electron chi connectivity index (χ3n) is 10.8. The van der Waals surface area contributed by atoms with Gasteiger partial charge in [-0.3, -0.25) is 9.69 Å². The maximum atomic E-state index is 13.8. The van der Waals surface area contributed by atoms with Crippen molar-refractivity contribution in [2.24, 2.45) is 0 Å². The number of hydrogen-bond donors (Lipinski definition) is 2. The number of β-amino-alcohol motifs (C(OH)–C–C–N with tert-alkyl or cyclic N) is 1. The van der Waals surface area contributed by atoms with Crippen LogP contribution >= 0.6 is 23.4 Å². The molecule has 3 aliphatic rings. The second-order valence-electron chi connectivity index (χ2n) is 14.5. The van der Waals surface area contributed by atoms with E-state index >= 15 is 0 Å². The van der Waals surface area contributed by atoms with Gasteiger partial charge < -0.3 is 24.9 Å². The Bertz CT molecular complexity index is 1880. The Kier molecular flexibility index (Phi) is 14.5. The number of rotatable bonds is 12. The van der Waals surface area contributed by atoms with Crippen molar-refractivity contribution in [1.82, 2.24) is 14.7 Å². The van der Waals surface area contributed by atoms with Crippen molar-refractivity contribution >= 4 is 40.5 Å². The zero-order valence-electron chi connectivity index (χ0n) is 31.4. The molecule has 7 rings (SSSR count). The van der Waals surface area contributed by atoms with Crippen LogP contribution in [0.25, 0.3) is 0 Å².